The Hall–Kier alpha value is -4.83. The van der Waals surface area contributed by atoms with Crippen LogP contribution >= 0.6 is 0 Å². The van der Waals surface area contributed by atoms with Gasteiger partial charge in [0.15, 0.2) is 0 Å². The molecule has 0 bridgehead atoms. The first-order valence-corrected chi connectivity index (χ1v) is 13.8. The van der Waals surface area contributed by atoms with Crippen LogP contribution in [0.4, 0.5) is 11.5 Å². The van der Waals surface area contributed by atoms with Crippen molar-refractivity contribution in [1.29, 1.82) is 0 Å². The number of rotatable bonds is 11. The normalized spacial score (nSPS) is 12.1. The number of aromatic nitrogens is 1. The van der Waals surface area contributed by atoms with Gasteiger partial charge in [-0.3, -0.25) is 19.2 Å². The molecule has 218 valence electrons. The van der Waals surface area contributed by atoms with Crippen LogP contribution in [0.25, 0.3) is 0 Å². The molecule has 0 unspecified atom stereocenters. The van der Waals surface area contributed by atoms with Crippen molar-refractivity contribution in [2.45, 2.75) is 45.7 Å². The van der Waals surface area contributed by atoms with Crippen LogP contribution in [-0.2, 0) is 45.1 Å². The minimum atomic E-state index is -0.361. The Labute approximate surface area is 245 Å². The molecule has 0 fully saturated rings. The van der Waals surface area contributed by atoms with Gasteiger partial charge in [0.25, 0.3) is 0 Å². The van der Waals surface area contributed by atoms with E-state index >= 15 is 0 Å². The molecule has 42 heavy (non-hydrogen) atoms. The fourth-order valence-electron chi connectivity index (χ4n) is 4.90. The molecule has 0 aliphatic carbocycles. The monoisotopic (exact) mass is 568 g/mol. The van der Waals surface area contributed by atoms with E-state index in [1.54, 1.807) is 18.3 Å². The van der Waals surface area contributed by atoms with E-state index in [2.05, 4.69) is 32.8 Å². The maximum absolute atomic E-state index is 13.3. The average molecular weight is 569 g/mol. The molecule has 1 aliphatic rings. The highest BCUT2D eigenvalue weighted by atomic mass is 16.2. The highest BCUT2D eigenvalue weighted by Gasteiger charge is 2.21. The first kappa shape index (κ1) is 30.1. The van der Waals surface area contributed by atoms with Crippen LogP contribution in [0.15, 0.2) is 73.1 Å². The standard InChI is InChI=1S/C32H36N6O4/c1-21(35-22(2)39)10-13-31(42)38(19-26-8-5-4-7-25(26)18-33-3)20-30(41)36-28-12-11-23-15-24-9-6-14-34-32(24)37-29(40)17-27(23)16-28/h4-9,11-12,14,16,33H,1,10,13,15,17-20H2,2-3H3,(H,35,39)(H,36,41)(H,34,37,40). The Bertz CT molecular complexity index is 1500. The third kappa shape index (κ3) is 8.34. The van der Waals surface area contributed by atoms with Gasteiger partial charge in [0, 0.05) is 50.4 Å². The fraction of sp³-hybridized carbons (Fsp3) is 0.281. The maximum atomic E-state index is 13.3. The predicted molar refractivity (Wildman–Crippen MR) is 161 cm³/mol. The fourth-order valence-corrected chi connectivity index (χ4v) is 4.90. The Kier molecular flexibility index (Phi) is 10.2. The van der Waals surface area contributed by atoms with Gasteiger partial charge < -0.3 is 26.2 Å². The number of nitrogens with zero attached hydrogens (tertiary/aromatic N) is 2. The maximum Gasteiger partial charge on any atom is 0.244 e. The van der Waals surface area contributed by atoms with Crippen molar-refractivity contribution in [2.24, 2.45) is 0 Å². The Morgan fingerprint density at radius 3 is 2.52 bits per heavy atom. The zero-order valence-electron chi connectivity index (χ0n) is 24.0. The summed E-state index contributed by atoms with van der Waals surface area (Å²) in [5.41, 5.74) is 5.64. The Morgan fingerprint density at radius 2 is 1.76 bits per heavy atom. The van der Waals surface area contributed by atoms with Crippen LogP contribution in [-0.4, -0.2) is 47.1 Å². The second-order valence-electron chi connectivity index (χ2n) is 10.3. The van der Waals surface area contributed by atoms with Gasteiger partial charge in [-0.1, -0.05) is 43.0 Å². The first-order chi connectivity index (χ1) is 20.2. The van der Waals surface area contributed by atoms with Gasteiger partial charge in [-0.15, -0.1) is 0 Å². The smallest absolute Gasteiger partial charge is 0.244 e. The highest BCUT2D eigenvalue weighted by Crippen LogP contribution is 2.25. The van der Waals surface area contributed by atoms with Crippen molar-refractivity contribution in [2.75, 3.05) is 24.2 Å². The van der Waals surface area contributed by atoms with Gasteiger partial charge in [0.1, 0.15) is 12.4 Å². The summed E-state index contributed by atoms with van der Waals surface area (Å²) in [5.74, 6) is -0.471. The number of allylic oxidation sites excluding steroid dienone is 1. The molecule has 4 rings (SSSR count). The lowest BCUT2D eigenvalue weighted by molar-refractivity contribution is -0.135. The van der Waals surface area contributed by atoms with Gasteiger partial charge in [-0.05, 0) is 59.5 Å². The summed E-state index contributed by atoms with van der Waals surface area (Å²) in [6.07, 6.45) is 2.75. The van der Waals surface area contributed by atoms with Crippen LogP contribution in [0.2, 0.25) is 0 Å². The molecule has 2 heterocycles. The molecule has 0 radical (unpaired) electrons. The van der Waals surface area contributed by atoms with Crippen molar-refractivity contribution in [3.05, 3.63) is 101 Å². The lowest BCUT2D eigenvalue weighted by Gasteiger charge is -2.24. The number of benzene rings is 2. The number of nitrogens with one attached hydrogen (secondary N) is 4. The Balaban J connectivity index is 1.49. The summed E-state index contributed by atoms with van der Waals surface area (Å²) >= 11 is 0. The van der Waals surface area contributed by atoms with Crippen LogP contribution in [0.1, 0.15) is 47.6 Å². The molecule has 2 aromatic carbocycles. The first-order valence-electron chi connectivity index (χ1n) is 13.8. The highest BCUT2D eigenvalue weighted by molar-refractivity contribution is 5.96. The van der Waals surface area contributed by atoms with E-state index in [0.29, 0.717) is 30.2 Å². The van der Waals surface area contributed by atoms with Crippen LogP contribution in [0.3, 0.4) is 0 Å². The van der Waals surface area contributed by atoms with E-state index in [4.69, 9.17) is 0 Å². The number of hydrogen-bond acceptors (Lipinski definition) is 6. The molecule has 0 spiro atoms. The summed E-state index contributed by atoms with van der Waals surface area (Å²) in [6, 6.07) is 17.0. The number of pyridine rings is 1. The summed E-state index contributed by atoms with van der Waals surface area (Å²) in [4.78, 5) is 56.3. The van der Waals surface area contributed by atoms with Crippen molar-refractivity contribution in [3.8, 4) is 0 Å². The van der Waals surface area contributed by atoms with E-state index in [1.807, 2.05) is 49.5 Å². The summed E-state index contributed by atoms with van der Waals surface area (Å²) < 4.78 is 0. The number of carbonyl (C=O) groups excluding carboxylic acids is 4. The molecule has 0 saturated heterocycles. The zero-order valence-corrected chi connectivity index (χ0v) is 24.0. The second kappa shape index (κ2) is 14.2. The summed E-state index contributed by atoms with van der Waals surface area (Å²) in [7, 11) is 1.85. The zero-order chi connectivity index (χ0) is 30.1. The van der Waals surface area contributed by atoms with Crippen LogP contribution in [0, 0.1) is 0 Å². The predicted octanol–water partition coefficient (Wildman–Crippen LogP) is 3.28. The van der Waals surface area contributed by atoms with E-state index in [0.717, 1.165) is 27.8 Å². The molecule has 4 N–H and O–H groups in total. The van der Waals surface area contributed by atoms with Gasteiger partial charge in [0.05, 0.1) is 6.42 Å². The molecule has 3 aromatic rings. The number of carbonyl (C=O) groups is 4. The molecule has 10 heteroatoms. The van der Waals surface area contributed by atoms with Gasteiger partial charge in [0.2, 0.25) is 23.6 Å². The van der Waals surface area contributed by atoms with E-state index < -0.39 is 0 Å². The molecule has 4 amide bonds. The lowest BCUT2D eigenvalue weighted by atomic mass is 9.95. The number of amides is 4. The third-order valence-corrected chi connectivity index (χ3v) is 6.90. The van der Waals surface area contributed by atoms with E-state index in [9.17, 15) is 19.2 Å². The lowest BCUT2D eigenvalue weighted by Crippen LogP contribution is -2.38. The minimum Gasteiger partial charge on any atom is -0.331 e. The molecule has 0 atom stereocenters. The van der Waals surface area contributed by atoms with E-state index in [1.165, 1.54) is 11.8 Å². The largest absolute Gasteiger partial charge is 0.331 e. The molecular formula is C32H36N6O4. The van der Waals surface area contributed by atoms with Crippen molar-refractivity contribution >= 4 is 35.1 Å². The number of hydrogen-bond donors (Lipinski definition) is 4. The second-order valence-corrected chi connectivity index (χ2v) is 10.3. The molecule has 0 saturated carbocycles. The number of anilines is 2. The molecule has 10 nitrogen and oxygen atoms in total. The van der Waals surface area contributed by atoms with Crippen molar-refractivity contribution in [3.63, 3.8) is 0 Å². The van der Waals surface area contributed by atoms with Gasteiger partial charge in [-0.25, -0.2) is 4.98 Å². The number of fused-ring (bicyclic) bond motifs is 2. The van der Waals surface area contributed by atoms with E-state index in [-0.39, 0.29) is 56.0 Å². The van der Waals surface area contributed by atoms with Gasteiger partial charge in [-0.2, -0.15) is 0 Å². The summed E-state index contributed by atoms with van der Waals surface area (Å²) in [5, 5.41) is 11.5. The van der Waals surface area contributed by atoms with Gasteiger partial charge >= 0.3 is 0 Å². The molecule has 1 aromatic heterocycles. The molecular weight excluding hydrogens is 532 g/mol. The van der Waals surface area contributed by atoms with Crippen LogP contribution < -0.4 is 21.3 Å². The topological polar surface area (TPSA) is 133 Å². The SMILES string of the molecule is C=C(CCC(=O)N(CC(=O)Nc1ccc2c(c1)CC(=O)Nc1ncccc1C2)Cc1ccccc1CNC)NC(C)=O. The van der Waals surface area contributed by atoms with Crippen molar-refractivity contribution in [1.82, 2.24) is 20.5 Å². The summed E-state index contributed by atoms with van der Waals surface area (Å²) in [6.45, 7) is 5.88. The third-order valence-electron chi connectivity index (χ3n) is 6.90. The van der Waals surface area contributed by atoms with Crippen molar-refractivity contribution < 1.29 is 19.2 Å². The van der Waals surface area contributed by atoms with Crippen LogP contribution in [0.5, 0.6) is 0 Å². The minimum absolute atomic E-state index is 0.0882. The average Bonchev–Trinajstić information content (AvgIpc) is 2.93. The molecule has 1 aliphatic heterocycles. The quantitative estimate of drug-likeness (QED) is 0.281. The Morgan fingerprint density at radius 1 is 0.976 bits per heavy atom.